The van der Waals surface area contributed by atoms with Gasteiger partial charge in [0.15, 0.2) is 5.13 Å². The molecule has 1 aromatic heterocycles. The van der Waals surface area contributed by atoms with E-state index >= 15 is 0 Å². The highest BCUT2D eigenvalue weighted by atomic mass is 32.2. The summed E-state index contributed by atoms with van der Waals surface area (Å²) in [5.41, 5.74) is 11.0. The lowest BCUT2D eigenvalue weighted by Gasteiger charge is -2.25. The number of thiazole rings is 1. The lowest BCUT2D eigenvalue weighted by atomic mass is 9.84. The summed E-state index contributed by atoms with van der Waals surface area (Å²) in [6.45, 7) is 0.147. The van der Waals surface area contributed by atoms with Crippen molar-refractivity contribution in [2.24, 2.45) is 15.8 Å². The van der Waals surface area contributed by atoms with Crippen LogP contribution in [0.1, 0.15) is 59.5 Å². The van der Waals surface area contributed by atoms with Crippen molar-refractivity contribution in [3.8, 4) is 0 Å². The van der Waals surface area contributed by atoms with Crippen LogP contribution in [-0.2, 0) is 6.54 Å². The average molecular weight is 640 g/mol. The Balaban J connectivity index is 1.39. The smallest absolute Gasteiger partial charge is 0.366 e. The summed E-state index contributed by atoms with van der Waals surface area (Å²) < 4.78 is 39.2. The zero-order valence-corrected chi connectivity index (χ0v) is 24.9. The van der Waals surface area contributed by atoms with Crippen LogP contribution in [0.15, 0.2) is 81.7 Å². The molecule has 228 valence electrons. The van der Waals surface area contributed by atoms with Crippen LogP contribution in [0, 0.1) is 5.53 Å². The molecule has 9 nitrogen and oxygen atoms in total. The molecular weight excluding hydrogens is 612 g/mol. The zero-order valence-electron chi connectivity index (χ0n) is 23.3. The Labute approximate surface area is 259 Å². The van der Waals surface area contributed by atoms with E-state index in [0.717, 1.165) is 24.2 Å². The molecule has 4 N–H and O–H groups in total. The van der Waals surface area contributed by atoms with Gasteiger partial charge in [0.2, 0.25) is 5.96 Å². The van der Waals surface area contributed by atoms with Gasteiger partial charge in [0, 0.05) is 16.1 Å². The van der Waals surface area contributed by atoms with E-state index in [4.69, 9.17) is 11.3 Å². The number of guanidine groups is 1. The van der Waals surface area contributed by atoms with Crippen molar-refractivity contribution in [3.63, 3.8) is 0 Å². The van der Waals surface area contributed by atoms with E-state index in [2.05, 4.69) is 20.4 Å². The Morgan fingerprint density at radius 3 is 2.41 bits per heavy atom. The van der Waals surface area contributed by atoms with Gasteiger partial charge in [-0.15, -0.1) is 5.11 Å². The van der Waals surface area contributed by atoms with Crippen LogP contribution in [-0.4, -0.2) is 28.4 Å². The number of carbonyl (C=O) groups excluding carboxylic acids is 2. The first-order valence-electron chi connectivity index (χ1n) is 13.8. The topological polar surface area (TPSA) is 137 Å². The third kappa shape index (κ3) is 7.99. The summed E-state index contributed by atoms with van der Waals surface area (Å²) in [5, 5.41) is 5.98. The minimum Gasteiger partial charge on any atom is -0.366 e. The highest BCUT2D eigenvalue weighted by Gasteiger charge is 2.29. The summed E-state index contributed by atoms with van der Waals surface area (Å²) >= 11 is 0.944. The van der Waals surface area contributed by atoms with Crippen molar-refractivity contribution >= 4 is 62.0 Å². The molecule has 1 aliphatic rings. The van der Waals surface area contributed by atoms with Crippen molar-refractivity contribution in [2.45, 2.75) is 55.0 Å². The number of rotatable bonds is 7. The number of nitrogens with two attached hydrogens (primary N) is 1. The second-order valence-corrected chi connectivity index (χ2v) is 12.4. The number of nitrogens with zero attached hydrogens (tertiary/aromatic N) is 4. The Kier molecular flexibility index (Phi) is 9.59. The number of aromatic nitrogens is 1. The van der Waals surface area contributed by atoms with Crippen molar-refractivity contribution in [3.05, 3.63) is 83.4 Å². The molecule has 14 heteroatoms. The molecule has 5 rings (SSSR count). The first-order valence-corrected chi connectivity index (χ1v) is 15.4. The molecule has 0 spiro atoms. The summed E-state index contributed by atoms with van der Waals surface area (Å²) in [6, 6.07) is 18.2. The summed E-state index contributed by atoms with van der Waals surface area (Å²) in [4.78, 5) is 35.4. The maximum absolute atomic E-state index is 13.7. The number of benzene rings is 3. The number of alkyl halides is 3. The number of halogens is 3. The number of carbonyl (C=O) groups is 2. The molecule has 0 unspecified atom stereocenters. The van der Waals surface area contributed by atoms with Gasteiger partial charge in [-0.3, -0.25) is 15.0 Å². The maximum atomic E-state index is 13.7. The second-order valence-electron chi connectivity index (χ2n) is 10.2. The first-order chi connectivity index (χ1) is 21.1. The van der Waals surface area contributed by atoms with Gasteiger partial charge in [-0.05, 0) is 84.1 Å². The minimum atomic E-state index is -4.42. The van der Waals surface area contributed by atoms with Crippen LogP contribution in [0.2, 0.25) is 0 Å². The van der Waals surface area contributed by atoms with Crippen molar-refractivity contribution < 1.29 is 22.8 Å². The van der Waals surface area contributed by atoms with Crippen molar-refractivity contribution in [2.75, 3.05) is 10.2 Å². The van der Waals surface area contributed by atoms with Gasteiger partial charge in [0.25, 0.3) is 5.91 Å². The highest BCUT2D eigenvalue weighted by Crippen LogP contribution is 2.39. The largest absolute Gasteiger partial charge is 0.446 e. The van der Waals surface area contributed by atoms with Crippen molar-refractivity contribution in [1.82, 2.24) is 4.98 Å². The molecule has 3 aromatic carbocycles. The third-order valence-corrected chi connectivity index (χ3v) is 8.88. The van der Waals surface area contributed by atoms with Gasteiger partial charge in [-0.25, -0.2) is 15.3 Å². The number of hydrogen-bond donors (Lipinski definition) is 3. The van der Waals surface area contributed by atoms with Gasteiger partial charge in [-0.1, -0.05) is 54.9 Å². The molecule has 1 saturated carbocycles. The number of anilines is 2. The highest BCUT2D eigenvalue weighted by molar-refractivity contribution is 8.00. The lowest BCUT2D eigenvalue weighted by Crippen LogP contribution is -2.34. The number of fused-ring (bicyclic) bond motifs is 1. The van der Waals surface area contributed by atoms with Crippen molar-refractivity contribution in [1.29, 1.82) is 5.53 Å². The van der Waals surface area contributed by atoms with Crippen LogP contribution in [0.3, 0.4) is 0 Å². The molecule has 4 aromatic rings. The van der Waals surface area contributed by atoms with E-state index in [1.54, 1.807) is 30.3 Å². The predicted octanol–water partition coefficient (Wildman–Crippen LogP) is 8.68. The van der Waals surface area contributed by atoms with Gasteiger partial charge in [0.05, 0.1) is 16.8 Å². The number of amides is 3. The van der Waals surface area contributed by atoms with Crippen LogP contribution < -0.4 is 16.0 Å². The predicted molar refractivity (Wildman–Crippen MR) is 167 cm³/mol. The number of urea groups is 1. The first kappa shape index (κ1) is 31.1. The second kappa shape index (κ2) is 13.6. The number of thioether (sulfide) groups is 1. The molecule has 0 aliphatic heterocycles. The summed E-state index contributed by atoms with van der Waals surface area (Å²) in [5.74, 6) is -0.609. The van der Waals surface area contributed by atoms with Gasteiger partial charge >= 0.3 is 11.5 Å². The number of hydrogen-bond acceptors (Lipinski definition) is 6. The number of nitrogens with one attached hydrogen (secondary N) is 2. The fraction of sp³-hybridized carbons (Fsp3) is 0.267. The van der Waals surface area contributed by atoms with E-state index in [9.17, 15) is 22.8 Å². The average Bonchev–Trinajstić information content (AvgIpc) is 3.41. The van der Waals surface area contributed by atoms with E-state index in [1.165, 1.54) is 41.9 Å². The molecule has 0 atom stereocenters. The monoisotopic (exact) mass is 639 g/mol. The summed E-state index contributed by atoms with van der Waals surface area (Å²) in [6.07, 6.45) is 5.93. The van der Waals surface area contributed by atoms with E-state index < -0.39 is 23.4 Å². The molecule has 0 saturated heterocycles. The normalized spacial score (nSPS) is 14.4. The van der Waals surface area contributed by atoms with Crippen LogP contribution >= 0.6 is 23.1 Å². The standard InChI is InChI=1S/C30H28F3N7O2S2/c31-30(32,33)44-23-14-15-25-24(16-23)36-28(43-25)38-29(42)40(22-12-10-20(11-13-22)19-4-2-1-3-5-19)17-18-6-8-21(9-7-18)26(41)37-27(34)39-35/h6-16,19,35H,1-5,17H2,(H2,34,37,41)(H,36,38,42). The van der Waals surface area contributed by atoms with Crippen LogP contribution in [0.5, 0.6) is 0 Å². The molecule has 44 heavy (non-hydrogen) atoms. The van der Waals surface area contributed by atoms with Crippen LogP contribution in [0.25, 0.3) is 10.2 Å². The molecule has 3 amide bonds. The van der Waals surface area contributed by atoms with Gasteiger partial charge in [0.1, 0.15) is 0 Å². The maximum Gasteiger partial charge on any atom is 0.446 e. The van der Waals surface area contributed by atoms with Crippen LogP contribution in [0.4, 0.5) is 28.8 Å². The minimum absolute atomic E-state index is 0.0113. The Morgan fingerprint density at radius 1 is 1.05 bits per heavy atom. The molecule has 1 heterocycles. The zero-order chi connectivity index (χ0) is 31.3. The Morgan fingerprint density at radius 2 is 1.75 bits per heavy atom. The fourth-order valence-corrected chi connectivity index (χ4v) is 6.50. The molecule has 1 aliphatic carbocycles. The fourth-order valence-electron chi connectivity index (χ4n) is 5.09. The molecular formula is C30H28F3N7O2S2. The lowest BCUT2D eigenvalue weighted by molar-refractivity contribution is -0.0328. The molecule has 1 fully saturated rings. The van der Waals surface area contributed by atoms with E-state index in [1.807, 2.05) is 24.3 Å². The molecule has 0 radical (unpaired) electrons. The quantitative estimate of drug-likeness (QED) is 0.0804. The SMILES string of the molecule is N=NC(N)=NC(=O)c1ccc(CN(C(=O)Nc2nc3cc(SC(F)(F)F)ccc3s2)c2ccc(C3CCCCC3)cc2)cc1. The van der Waals surface area contributed by atoms with Gasteiger partial charge in [-0.2, -0.15) is 18.2 Å². The van der Waals surface area contributed by atoms with Gasteiger partial charge < -0.3 is 5.73 Å². The summed E-state index contributed by atoms with van der Waals surface area (Å²) in [7, 11) is 0. The van der Waals surface area contributed by atoms with E-state index in [-0.39, 0.29) is 33.9 Å². The Hall–Kier alpha value is -4.30. The third-order valence-electron chi connectivity index (χ3n) is 7.21. The number of aliphatic imine (C=N–C) groups is 1. The van der Waals surface area contributed by atoms with E-state index in [0.29, 0.717) is 27.4 Å². The molecule has 0 bridgehead atoms. The Bertz CT molecular complexity index is 1680.